The van der Waals surface area contributed by atoms with E-state index in [1.807, 2.05) is 30.3 Å². The highest BCUT2D eigenvalue weighted by molar-refractivity contribution is 7.90. The Hall–Kier alpha value is -2.41. The van der Waals surface area contributed by atoms with Crippen molar-refractivity contribution in [2.24, 2.45) is 5.92 Å². The summed E-state index contributed by atoms with van der Waals surface area (Å²) in [6, 6.07) is 13.8. The second-order valence-corrected chi connectivity index (χ2v) is 8.09. The Labute approximate surface area is 140 Å². The van der Waals surface area contributed by atoms with Crippen molar-refractivity contribution in [3.63, 3.8) is 0 Å². The summed E-state index contributed by atoms with van der Waals surface area (Å²) in [5, 5.41) is 14.6. The van der Waals surface area contributed by atoms with Crippen LogP contribution in [0.5, 0.6) is 0 Å². The molecule has 1 aliphatic carbocycles. The molecule has 0 heterocycles. The molecule has 0 aromatic heterocycles. The van der Waals surface area contributed by atoms with Gasteiger partial charge in [0.05, 0.1) is 15.9 Å². The molecule has 1 atom stereocenters. The fourth-order valence-electron chi connectivity index (χ4n) is 2.75. The van der Waals surface area contributed by atoms with Crippen molar-refractivity contribution in [3.05, 3.63) is 64.2 Å². The van der Waals surface area contributed by atoms with Gasteiger partial charge in [0.15, 0.2) is 9.84 Å². The van der Waals surface area contributed by atoms with Crippen molar-refractivity contribution in [3.8, 4) is 0 Å². The minimum atomic E-state index is -3.49. The van der Waals surface area contributed by atoms with Crippen LogP contribution in [0.25, 0.3) is 0 Å². The van der Waals surface area contributed by atoms with Gasteiger partial charge >= 0.3 is 0 Å². The van der Waals surface area contributed by atoms with Gasteiger partial charge in [-0.3, -0.25) is 10.1 Å². The molecule has 0 radical (unpaired) electrons. The summed E-state index contributed by atoms with van der Waals surface area (Å²) in [4.78, 5) is 10.8. The fraction of sp³-hybridized carbons (Fsp3) is 0.294. The number of nitro benzene ring substituents is 1. The number of nitrogens with one attached hydrogen (secondary N) is 1. The zero-order chi connectivity index (χ0) is 17.3. The Morgan fingerprint density at radius 2 is 1.83 bits per heavy atom. The average molecular weight is 346 g/mol. The highest BCUT2D eigenvalue weighted by Crippen LogP contribution is 2.44. The molecule has 1 unspecified atom stereocenters. The Kier molecular flexibility index (Phi) is 4.28. The van der Waals surface area contributed by atoms with Crippen LogP contribution >= 0.6 is 0 Å². The lowest BCUT2D eigenvalue weighted by atomic mass is 10.0. The molecule has 0 aliphatic heterocycles. The van der Waals surface area contributed by atoms with E-state index in [0.29, 0.717) is 11.6 Å². The first-order chi connectivity index (χ1) is 11.4. The Balaban J connectivity index is 1.97. The zero-order valence-corrected chi connectivity index (χ0v) is 14.0. The van der Waals surface area contributed by atoms with E-state index >= 15 is 0 Å². The van der Waals surface area contributed by atoms with E-state index in [4.69, 9.17) is 0 Å². The summed E-state index contributed by atoms with van der Waals surface area (Å²) >= 11 is 0. The molecule has 7 heteroatoms. The largest absolute Gasteiger partial charge is 0.372 e. The van der Waals surface area contributed by atoms with Crippen LogP contribution < -0.4 is 5.32 Å². The number of rotatable bonds is 6. The summed E-state index contributed by atoms with van der Waals surface area (Å²) < 4.78 is 23.3. The molecule has 0 spiro atoms. The molecule has 6 nitrogen and oxygen atoms in total. The lowest BCUT2D eigenvalue weighted by Gasteiger charge is -2.20. The summed E-state index contributed by atoms with van der Waals surface area (Å²) in [7, 11) is -3.49. The molecule has 1 fully saturated rings. The Morgan fingerprint density at radius 1 is 1.17 bits per heavy atom. The highest BCUT2D eigenvalue weighted by atomic mass is 32.2. The van der Waals surface area contributed by atoms with Gasteiger partial charge in [0.2, 0.25) is 0 Å². The van der Waals surface area contributed by atoms with Crippen LogP contribution in [-0.2, 0) is 9.84 Å². The van der Waals surface area contributed by atoms with Gasteiger partial charge in [0.1, 0.15) is 5.69 Å². The second kappa shape index (κ2) is 6.24. The summed E-state index contributed by atoms with van der Waals surface area (Å²) in [6.07, 6.45) is 3.18. The standard InChI is InChI=1S/C17H18N2O4S/c1-24(22,23)14-9-10-15(16(11-14)19(20)21)18-17(13-7-8-13)12-5-3-2-4-6-12/h2-6,9-11,13,17-18H,7-8H2,1H3. The number of nitro groups is 1. The van der Waals surface area contributed by atoms with Crippen molar-refractivity contribution in [1.29, 1.82) is 0 Å². The van der Waals surface area contributed by atoms with Crippen LogP contribution in [0.4, 0.5) is 11.4 Å². The third-order valence-corrected chi connectivity index (χ3v) is 5.27. The molecule has 0 saturated heterocycles. The van der Waals surface area contributed by atoms with E-state index in [0.717, 1.165) is 30.7 Å². The number of nitrogens with zero attached hydrogens (tertiary/aromatic N) is 1. The predicted octanol–water partition coefficient (Wildman–Crippen LogP) is 3.56. The van der Waals surface area contributed by atoms with Crippen LogP contribution in [0.1, 0.15) is 24.4 Å². The predicted molar refractivity (Wildman–Crippen MR) is 91.7 cm³/mol. The molecule has 126 valence electrons. The van der Waals surface area contributed by atoms with Crippen LogP contribution in [0, 0.1) is 16.0 Å². The molecule has 1 saturated carbocycles. The molecule has 3 rings (SSSR count). The van der Waals surface area contributed by atoms with Gasteiger partial charge in [-0.05, 0) is 36.5 Å². The molecule has 1 aliphatic rings. The van der Waals surface area contributed by atoms with Crippen molar-refractivity contribution < 1.29 is 13.3 Å². The van der Waals surface area contributed by atoms with Crippen molar-refractivity contribution in [1.82, 2.24) is 0 Å². The molecule has 0 bridgehead atoms. The molecule has 0 amide bonds. The SMILES string of the molecule is CS(=O)(=O)c1ccc(NC(c2ccccc2)C2CC2)c([N+](=O)[O-])c1. The quantitative estimate of drug-likeness (QED) is 0.638. The summed E-state index contributed by atoms with van der Waals surface area (Å²) in [5.74, 6) is 0.432. The first kappa shape index (κ1) is 16.4. The topological polar surface area (TPSA) is 89.3 Å². The number of hydrogen-bond donors (Lipinski definition) is 1. The van der Waals surface area contributed by atoms with Gasteiger partial charge in [-0.15, -0.1) is 0 Å². The van der Waals surface area contributed by atoms with Gasteiger partial charge in [0, 0.05) is 12.3 Å². The molecular weight excluding hydrogens is 328 g/mol. The third-order valence-electron chi connectivity index (χ3n) is 4.16. The highest BCUT2D eigenvalue weighted by Gasteiger charge is 2.33. The minimum Gasteiger partial charge on any atom is -0.372 e. The van der Waals surface area contributed by atoms with E-state index in [-0.39, 0.29) is 16.6 Å². The van der Waals surface area contributed by atoms with Gasteiger partial charge in [-0.1, -0.05) is 30.3 Å². The Morgan fingerprint density at radius 3 is 2.38 bits per heavy atom. The molecule has 2 aromatic carbocycles. The normalized spacial score (nSPS) is 15.7. The zero-order valence-electron chi connectivity index (χ0n) is 13.2. The second-order valence-electron chi connectivity index (χ2n) is 6.08. The van der Waals surface area contributed by atoms with E-state index < -0.39 is 14.8 Å². The van der Waals surface area contributed by atoms with Gasteiger partial charge in [-0.25, -0.2) is 8.42 Å². The smallest absolute Gasteiger partial charge is 0.293 e. The summed E-state index contributed by atoms with van der Waals surface area (Å²) in [5.41, 5.74) is 1.19. The molecule has 2 aromatic rings. The van der Waals surface area contributed by atoms with Gasteiger partial charge in [0.25, 0.3) is 5.69 Å². The lowest BCUT2D eigenvalue weighted by Crippen LogP contribution is -2.14. The number of benzene rings is 2. The fourth-order valence-corrected chi connectivity index (χ4v) is 3.39. The first-order valence-electron chi connectivity index (χ1n) is 7.66. The van der Waals surface area contributed by atoms with E-state index in [1.165, 1.54) is 12.1 Å². The number of sulfone groups is 1. The molecular formula is C17H18N2O4S. The van der Waals surface area contributed by atoms with Crippen LogP contribution in [-0.4, -0.2) is 19.6 Å². The van der Waals surface area contributed by atoms with Crippen molar-refractivity contribution in [2.75, 3.05) is 11.6 Å². The van der Waals surface area contributed by atoms with Crippen molar-refractivity contribution >= 4 is 21.2 Å². The first-order valence-corrected chi connectivity index (χ1v) is 9.55. The number of anilines is 1. The maximum atomic E-state index is 11.6. The molecule has 24 heavy (non-hydrogen) atoms. The maximum absolute atomic E-state index is 11.6. The minimum absolute atomic E-state index is 0.0195. The molecule has 1 N–H and O–H groups in total. The summed E-state index contributed by atoms with van der Waals surface area (Å²) in [6.45, 7) is 0. The van der Waals surface area contributed by atoms with E-state index in [2.05, 4.69) is 5.32 Å². The number of hydrogen-bond acceptors (Lipinski definition) is 5. The Bertz CT molecular complexity index is 861. The maximum Gasteiger partial charge on any atom is 0.293 e. The monoisotopic (exact) mass is 346 g/mol. The van der Waals surface area contributed by atoms with E-state index in [9.17, 15) is 18.5 Å². The lowest BCUT2D eigenvalue weighted by molar-refractivity contribution is -0.384. The van der Waals surface area contributed by atoms with E-state index in [1.54, 1.807) is 0 Å². The average Bonchev–Trinajstić information content (AvgIpc) is 3.37. The van der Waals surface area contributed by atoms with Crippen LogP contribution in [0.2, 0.25) is 0 Å². The van der Waals surface area contributed by atoms with Crippen LogP contribution in [0.15, 0.2) is 53.4 Å². The van der Waals surface area contributed by atoms with Crippen molar-refractivity contribution in [2.45, 2.75) is 23.8 Å². The third kappa shape index (κ3) is 3.56. The van der Waals surface area contributed by atoms with Gasteiger partial charge in [-0.2, -0.15) is 0 Å². The van der Waals surface area contributed by atoms with Gasteiger partial charge < -0.3 is 5.32 Å². The van der Waals surface area contributed by atoms with Crippen LogP contribution in [0.3, 0.4) is 0 Å².